The first-order valence-corrected chi connectivity index (χ1v) is 13.9. The van der Waals surface area contributed by atoms with E-state index >= 15 is 0 Å². The molecular weight excluding hydrogens is 546 g/mol. The number of nitrogens with zero attached hydrogens (tertiary/aromatic N) is 6. The molecular formula is C28H36ClN9O3. The van der Waals surface area contributed by atoms with Crippen molar-refractivity contribution in [1.82, 2.24) is 20.2 Å². The molecule has 1 aromatic heterocycles. The highest BCUT2D eigenvalue weighted by atomic mass is 35.5. The number of piperazine rings is 1. The predicted octanol–water partition coefficient (Wildman–Crippen LogP) is 2.54. The highest BCUT2D eigenvalue weighted by Crippen LogP contribution is 2.29. The third kappa shape index (κ3) is 8.29. The number of nitrogens with one attached hydrogen (secondary N) is 2. The standard InChI is InChI=1S/C28H36ClN9O3/c1-28(19-41-26(31)40,13-20(14-30)17-39)18-33-22-7-8-38(16-22)25-24(29)15-32-27(35-25)34-21-3-5-23(6-4-21)37-11-9-36(2)10-12-37/h3-6,13,15,17,22,33H,7-12,16,18-19H2,1-2H3,(H2,31,40)(H,32,34,35)/b20-13+. The van der Waals surface area contributed by atoms with Gasteiger partial charge in [-0.25, -0.2) is 9.78 Å². The number of allylic oxidation sites excluding steroid dienone is 1. The van der Waals surface area contributed by atoms with E-state index in [0.717, 1.165) is 44.8 Å². The van der Waals surface area contributed by atoms with Crippen molar-refractivity contribution in [3.8, 4) is 6.07 Å². The number of nitrogens with two attached hydrogens (primary N) is 1. The number of hydrogen-bond acceptors (Lipinski definition) is 11. The van der Waals surface area contributed by atoms with E-state index in [0.29, 0.717) is 36.2 Å². The predicted molar refractivity (Wildman–Crippen MR) is 158 cm³/mol. The Labute approximate surface area is 245 Å². The number of hydrogen-bond donors (Lipinski definition) is 3. The largest absolute Gasteiger partial charge is 0.449 e. The zero-order chi connectivity index (χ0) is 29.4. The normalized spacial score (nSPS) is 19.4. The molecule has 0 radical (unpaired) electrons. The minimum absolute atomic E-state index is 0.0443. The molecule has 13 heteroatoms. The van der Waals surface area contributed by atoms with Crippen LogP contribution in [0.3, 0.4) is 0 Å². The van der Waals surface area contributed by atoms with Crippen LogP contribution in [0.15, 0.2) is 42.1 Å². The average molecular weight is 582 g/mol. The Bertz CT molecular complexity index is 1290. The van der Waals surface area contributed by atoms with Crippen molar-refractivity contribution >= 4 is 47.1 Å². The summed E-state index contributed by atoms with van der Waals surface area (Å²) in [7, 11) is 2.14. The van der Waals surface area contributed by atoms with Crippen molar-refractivity contribution in [1.29, 1.82) is 5.26 Å². The Morgan fingerprint density at radius 3 is 2.63 bits per heavy atom. The molecule has 2 unspecified atom stereocenters. The topological polar surface area (TPSA) is 153 Å². The monoisotopic (exact) mass is 581 g/mol. The number of likely N-dealkylation sites (N-methyl/N-ethyl adjacent to an activating group) is 1. The van der Waals surface area contributed by atoms with E-state index < -0.39 is 11.5 Å². The van der Waals surface area contributed by atoms with E-state index in [1.807, 2.05) is 18.2 Å². The van der Waals surface area contributed by atoms with Crippen molar-refractivity contribution in [2.75, 3.05) is 74.6 Å². The minimum Gasteiger partial charge on any atom is -0.449 e. The van der Waals surface area contributed by atoms with Gasteiger partial charge in [0.05, 0.1) is 11.8 Å². The van der Waals surface area contributed by atoms with Gasteiger partial charge < -0.3 is 35.8 Å². The summed E-state index contributed by atoms with van der Waals surface area (Å²) in [4.78, 5) is 38.2. The van der Waals surface area contributed by atoms with Gasteiger partial charge in [0, 0.05) is 68.6 Å². The number of carbonyl (C=O) groups excluding carboxylic acids is 2. The lowest BCUT2D eigenvalue weighted by Gasteiger charge is -2.34. The Morgan fingerprint density at radius 1 is 1.24 bits per heavy atom. The van der Waals surface area contributed by atoms with E-state index in [4.69, 9.17) is 27.1 Å². The average Bonchev–Trinajstić information content (AvgIpc) is 3.45. The van der Waals surface area contributed by atoms with Gasteiger partial charge >= 0.3 is 6.09 Å². The second-order valence-corrected chi connectivity index (χ2v) is 11.1. The van der Waals surface area contributed by atoms with Crippen molar-refractivity contribution in [2.45, 2.75) is 19.4 Å². The number of primary amides is 1. The van der Waals surface area contributed by atoms with E-state index in [2.05, 4.69) is 49.5 Å². The number of carbonyl (C=O) groups is 2. The summed E-state index contributed by atoms with van der Waals surface area (Å²) in [5.41, 5.74) is 6.36. The highest BCUT2D eigenvalue weighted by molar-refractivity contribution is 6.32. The molecule has 0 bridgehead atoms. The molecule has 1 amide bonds. The number of amides is 1. The maximum Gasteiger partial charge on any atom is 0.404 e. The fourth-order valence-electron chi connectivity index (χ4n) is 4.93. The van der Waals surface area contributed by atoms with Crippen LogP contribution in [0.2, 0.25) is 5.02 Å². The quantitative estimate of drug-likeness (QED) is 0.204. The zero-order valence-corrected chi connectivity index (χ0v) is 24.1. The number of halogens is 1. The number of nitriles is 1. The first-order chi connectivity index (χ1) is 19.7. The SMILES string of the molecule is CN1CCN(c2ccc(Nc3ncc(Cl)c(N4CCC(NCC(C)(/C=C(\C#N)C=O)COC(N)=O)C4)n3)cc2)CC1. The fourth-order valence-corrected chi connectivity index (χ4v) is 5.14. The van der Waals surface area contributed by atoms with Crippen LogP contribution in [0.4, 0.5) is 27.9 Å². The van der Waals surface area contributed by atoms with Crippen LogP contribution in [0, 0.1) is 16.7 Å². The Morgan fingerprint density at radius 2 is 1.98 bits per heavy atom. The molecule has 1 aromatic carbocycles. The van der Waals surface area contributed by atoms with Gasteiger partial charge in [0.2, 0.25) is 5.95 Å². The second-order valence-electron chi connectivity index (χ2n) is 10.7. The minimum atomic E-state index is -0.921. The van der Waals surface area contributed by atoms with Crippen LogP contribution in [0.1, 0.15) is 13.3 Å². The molecule has 0 aliphatic carbocycles. The number of benzene rings is 1. The van der Waals surface area contributed by atoms with Gasteiger partial charge in [0.25, 0.3) is 0 Å². The Hall–Kier alpha value is -3.92. The van der Waals surface area contributed by atoms with Gasteiger partial charge in [-0.15, -0.1) is 0 Å². The van der Waals surface area contributed by atoms with Crippen LogP contribution in [0.5, 0.6) is 0 Å². The smallest absolute Gasteiger partial charge is 0.404 e. The molecule has 0 saturated carbocycles. The van der Waals surface area contributed by atoms with Crippen LogP contribution in [-0.2, 0) is 9.53 Å². The van der Waals surface area contributed by atoms with Gasteiger partial charge in [-0.2, -0.15) is 10.2 Å². The van der Waals surface area contributed by atoms with E-state index in [1.165, 1.54) is 11.8 Å². The molecule has 4 N–H and O–H groups in total. The number of rotatable bonds is 11. The van der Waals surface area contributed by atoms with E-state index in [-0.39, 0.29) is 18.2 Å². The molecule has 3 heterocycles. The van der Waals surface area contributed by atoms with Crippen LogP contribution >= 0.6 is 11.6 Å². The number of aldehydes is 1. The maximum atomic E-state index is 11.2. The summed E-state index contributed by atoms with van der Waals surface area (Å²) in [5.74, 6) is 1.09. The summed E-state index contributed by atoms with van der Waals surface area (Å²) in [6.45, 7) is 7.53. The first kappa shape index (κ1) is 30.0. The maximum absolute atomic E-state index is 11.2. The summed E-state index contributed by atoms with van der Waals surface area (Å²) >= 11 is 6.50. The lowest BCUT2D eigenvalue weighted by atomic mass is 9.89. The van der Waals surface area contributed by atoms with Gasteiger partial charge in [-0.1, -0.05) is 24.6 Å². The Kier molecular flexibility index (Phi) is 9.99. The molecule has 2 aromatic rings. The summed E-state index contributed by atoms with van der Waals surface area (Å²) in [6.07, 6.45) is 3.46. The molecule has 2 saturated heterocycles. The molecule has 0 spiro atoms. The number of ether oxygens (including phenoxy) is 1. The van der Waals surface area contributed by atoms with Crippen molar-refractivity contribution in [3.05, 3.63) is 47.1 Å². The van der Waals surface area contributed by atoms with Gasteiger partial charge in [0.15, 0.2) is 12.1 Å². The highest BCUT2D eigenvalue weighted by Gasteiger charge is 2.30. The van der Waals surface area contributed by atoms with Gasteiger partial charge in [-0.3, -0.25) is 4.79 Å². The van der Waals surface area contributed by atoms with E-state index in [1.54, 1.807) is 13.1 Å². The molecule has 2 aliphatic rings. The molecule has 2 aliphatic heterocycles. The van der Waals surface area contributed by atoms with Crippen molar-refractivity contribution in [2.24, 2.45) is 11.1 Å². The lowest BCUT2D eigenvalue weighted by molar-refractivity contribution is -0.104. The first-order valence-electron chi connectivity index (χ1n) is 13.5. The summed E-state index contributed by atoms with van der Waals surface area (Å²) in [6, 6.07) is 10.2. The van der Waals surface area contributed by atoms with Gasteiger partial charge in [0.1, 0.15) is 17.7 Å². The fraction of sp³-hybridized carbons (Fsp3) is 0.464. The van der Waals surface area contributed by atoms with E-state index in [9.17, 15) is 14.9 Å². The molecule has 41 heavy (non-hydrogen) atoms. The summed E-state index contributed by atoms with van der Waals surface area (Å²) < 4.78 is 4.99. The zero-order valence-electron chi connectivity index (χ0n) is 23.3. The third-order valence-corrected chi connectivity index (χ3v) is 7.57. The van der Waals surface area contributed by atoms with Crippen molar-refractivity contribution in [3.63, 3.8) is 0 Å². The molecule has 12 nitrogen and oxygen atoms in total. The molecule has 2 fully saturated rings. The lowest BCUT2D eigenvalue weighted by Crippen LogP contribution is -2.44. The van der Waals surface area contributed by atoms with Gasteiger partial charge in [-0.05, 0) is 37.7 Å². The summed E-state index contributed by atoms with van der Waals surface area (Å²) in [5, 5.41) is 16.4. The van der Waals surface area contributed by atoms with Crippen LogP contribution < -0.4 is 26.2 Å². The number of aromatic nitrogens is 2. The van der Waals surface area contributed by atoms with Crippen LogP contribution in [0.25, 0.3) is 0 Å². The number of anilines is 4. The van der Waals surface area contributed by atoms with Crippen molar-refractivity contribution < 1.29 is 14.3 Å². The third-order valence-electron chi connectivity index (χ3n) is 7.30. The second kappa shape index (κ2) is 13.6. The molecule has 2 atom stereocenters. The molecule has 218 valence electrons. The Balaban J connectivity index is 1.37. The van der Waals surface area contributed by atoms with Crippen LogP contribution in [-0.4, -0.2) is 92.8 Å². The molecule has 4 rings (SSSR count).